The van der Waals surface area contributed by atoms with Crippen LogP contribution in [0.4, 0.5) is 0 Å². The number of hydrogen-bond acceptors (Lipinski definition) is 5. The van der Waals surface area contributed by atoms with Crippen LogP contribution in [0, 0.1) is 0 Å². The summed E-state index contributed by atoms with van der Waals surface area (Å²) in [6.45, 7) is 4.98. The normalized spacial score (nSPS) is 12.5. The van der Waals surface area contributed by atoms with Gasteiger partial charge in [0, 0.05) is 12.8 Å². The quantitative estimate of drug-likeness (QED) is 0.0320. The largest absolute Gasteiger partial charge is 0.466 e. The first kappa shape index (κ1) is 82.6. The summed E-state index contributed by atoms with van der Waals surface area (Å²) in [5.41, 5.74) is 0. The van der Waals surface area contributed by atoms with Gasteiger partial charge in [-0.15, -0.1) is 0 Å². The summed E-state index contributed by atoms with van der Waals surface area (Å²) in [6.07, 6.45) is 93.2. The predicted molar refractivity (Wildman–Crippen MR) is 370 cm³/mol. The van der Waals surface area contributed by atoms with E-state index < -0.39 is 12.1 Å². The number of carbonyl (C=O) groups excluding carboxylic acids is 2. The number of allylic oxidation sites excluding steroid dienone is 2. The van der Waals surface area contributed by atoms with Crippen LogP contribution in [-0.4, -0.2) is 47.4 Å². The highest BCUT2D eigenvalue weighted by Gasteiger charge is 2.20. The number of carbonyl (C=O) groups is 2. The summed E-state index contributed by atoms with van der Waals surface area (Å²) in [4.78, 5) is 24.6. The first-order chi connectivity index (χ1) is 41.5. The van der Waals surface area contributed by atoms with Crippen molar-refractivity contribution in [2.75, 3.05) is 13.2 Å². The predicted octanol–water partition coefficient (Wildman–Crippen LogP) is 25.5. The van der Waals surface area contributed by atoms with Gasteiger partial charge in [0.1, 0.15) is 0 Å². The van der Waals surface area contributed by atoms with Gasteiger partial charge in [-0.25, -0.2) is 0 Å². The van der Waals surface area contributed by atoms with Gasteiger partial charge in [0.05, 0.1) is 25.4 Å². The van der Waals surface area contributed by atoms with E-state index in [1.807, 2.05) is 0 Å². The van der Waals surface area contributed by atoms with E-state index in [1.54, 1.807) is 0 Å². The van der Waals surface area contributed by atoms with Crippen molar-refractivity contribution in [1.82, 2.24) is 5.32 Å². The van der Waals surface area contributed by atoms with Gasteiger partial charge < -0.3 is 20.3 Å². The van der Waals surface area contributed by atoms with E-state index in [0.29, 0.717) is 25.9 Å². The molecule has 0 aromatic carbocycles. The molecule has 0 saturated heterocycles. The minimum Gasteiger partial charge on any atom is -0.466 e. The maximum absolute atomic E-state index is 12.5. The molecule has 2 unspecified atom stereocenters. The molecule has 1 amide bonds. The van der Waals surface area contributed by atoms with Gasteiger partial charge in [-0.3, -0.25) is 9.59 Å². The highest BCUT2D eigenvalue weighted by atomic mass is 16.5. The van der Waals surface area contributed by atoms with Crippen LogP contribution in [-0.2, 0) is 14.3 Å². The van der Waals surface area contributed by atoms with Gasteiger partial charge >= 0.3 is 5.97 Å². The first-order valence-electron chi connectivity index (χ1n) is 38.9. The number of ether oxygens (including phenoxy) is 1. The molecule has 0 saturated carbocycles. The first-order valence-corrected chi connectivity index (χ1v) is 38.9. The van der Waals surface area contributed by atoms with Crippen LogP contribution in [0.1, 0.15) is 450 Å². The van der Waals surface area contributed by atoms with Crippen molar-refractivity contribution < 1.29 is 24.5 Å². The lowest BCUT2D eigenvalue weighted by Crippen LogP contribution is -2.45. The number of aliphatic hydroxyl groups is 2. The Morgan fingerprint density at radius 2 is 0.560 bits per heavy atom. The molecule has 0 radical (unpaired) electrons. The lowest BCUT2D eigenvalue weighted by atomic mass is 10.0. The van der Waals surface area contributed by atoms with Gasteiger partial charge in [-0.05, 0) is 51.4 Å². The van der Waals surface area contributed by atoms with Crippen molar-refractivity contribution in [3.63, 3.8) is 0 Å². The van der Waals surface area contributed by atoms with Crippen LogP contribution in [0.25, 0.3) is 0 Å². The molecule has 0 aromatic rings. The third-order valence-electron chi connectivity index (χ3n) is 18.6. The molecular formula is C78H153NO5. The summed E-state index contributed by atoms with van der Waals surface area (Å²) in [5.74, 6) is -0.00905. The summed E-state index contributed by atoms with van der Waals surface area (Å²) in [6, 6.07) is -0.535. The SMILES string of the molecule is CCCCCCC/C=C\CCCCCCCC(=O)OCCCCCCCCCCCCCCCCCCCCCCCCCCCCCCCCCCCCCCCCCC(=O)NC(CO)C(O)CCCCCCCCCCCCCCCC. The lowest BCUT2D eigenvalue weighted by Gasteiger charge is -2.22. The highest BCUT2D eigenvalue weighted by Crippen LogP contribution is 2.20. The van der Waals surface area contributed by atoms with E-state index >= 15 is 0 Å². The zero-order valence-electron chi connectivity index (χ0n) is 57.4. The molecule has 2 atom stereocenters. The second-order valence-corrected chi connectivity index (χ2v) is 27.0. The average molecular weight is 1190 g/mol. The molecule has 0 bridgehead atoms. The molecule has 6 nitrogen and oxygen atoms in total. The monoisotopic (exact) mass is 1180 g/mol. The van der Waals surface area contributed by atoms with Crippen molar-refractivity contribution in [1.29, 1.82) is 0 Å². The van der Waals surface area contributed by atoms with E-state index in [-0.39, 0.29) is 18.5 Å². The Morgan fingerprint density at radius 1 is 0.321 bits per heavy atom. The van der Waals surface area contributed by atoms with E-state index in [4.69, 9.17) is 4.74 Å². The van der Waals surface area contributed by atoms with Gasteiger partial charge in [0.15, 0.2) is 0 Å². The van der Waals surface area contributed by atoms with Gasteiger partial charge in [-0.2, -0.15) is 0 Å². The Labute approximate surface area is 527 Å². The molecule has 0 aliphatic rings. The molecule has 84 heavy (non-hydrogen) atoms. The van der Waals surface area contributed by atoms with Crippen LogP contribution in [0.15, 0.2) is 12.2 Å². The Balaban J connectivity index is 3.27. The van der Waals surface area contributed by atoms with Crippen LogP contribution >= 0.6 is 0 Å². The van der Waals surface area contributed by atoms with Crippen molar-refractivity contribution in [3.05, 3.63) is 12.2 Å². The second kappa shape index (κ2) is 74.1. The zero-order chi connectivity index (χ0) is 60.6. The molecule has 0 spiro atoms. The number of aliphatic hydroxyl groups excluding tert-OH is 2. The topological polar surface area (TPSA) is 95.9 Å². The maximum atomic E-state index is 12.5. The molecule has 3 N–H and O–H groups in total. The molecule has 6 heteroatoms. The fraction of sp³-hybridized carbons (Fsp3) is 0.949. The summed E-state index contributed by atoms with van der Waals surface area (Å²) in [5, 5.41) is 23.3. The standard InChI is InChI=1S/C78H153NO5/c1-3-5-7-9-11-13-15-17-46-50-54-58-62-66-70-76(81)75(74-80)79-77(82)71-67-63-59-55-51-47-44-42-40-38-36-34-32-30-28-26-24-22-20-19-21-23-25-27-29-31-33-35-37-39-41-43-45-49-53-57-61-65-69-73-84-78(83)72-68-64-60-56-52-48-18-16-14-12-10-8-6-4-2/h16,18,75-76,80-81H,3-15,17,19-74H2,1-2H3,(H,79,82)/b18-16-. The number of amides is 1. The maximum Gasteiger partial charge on any atom is 0.305 e. The smallest absolute Gasteiger partial charge is 0.305 e. The molecule has 0 rings (SSSR count). The van der Waals surface area contributed by atoms with Crippen molar-refractivity contribution in [2.24, 2.45) is 0 Å². The Bertz CT molecular complexity index is 1270. The Kier molecular flexibility index (Phi) is 72.8. The second-order valence-electron chi connectivity index (χ2n) is 27.0. The van der Waals surface area contributed by atoms with Crippen LogP contribution in [0.5, 0.6) is 0 Å². The fourth-order valence-corrected chi connectivity index (χ4v) is 12.6. The van der Waals surface area contributed by atoms with Crippen molar-refractivity contribution in [2.45, 2.75) is 463 Å². The number of nitrogens with one attached hydrogen (secondary N) is 1. The summed E-state index contributed by atoms with van der Waals surface area (Å²) in [7, 11) is 0. The highest BCUT2D eigenvalue weighted by molar-refractivity contribution is 5.76. The number of esters is 1. The van der Waals surface area contributed by atoms with E-state index in [1.165, 1.54) is 372 Å². The molecule has 0 aliphatic heterocycles. The molecule has 0 aliphatic carbocycles. The number of unbranched alkanes of at least 4 members (excludes halogenated alkanes) is 61. The minimum atomic E-state index is -0.659. The lowest BCUT2D eigenvalue weighted by molar-refractivity contribution is -0.143. The van der Waals surface area contributed by atoms with E-state index in [2.05, 4.69) is 31.3 Å². The number of hydrogen-bond donors (Lipinski definition) is 3. The van der Waals surface area contributed by atoms with E-state index in [0.717, 1.165) is 44.9 Å². The van der Waals surface area contributed by atoms with Crippen molar-refractivity contribution in [3.8, 4) is 0 Å². The molecule has 0 fully saturated rings. The van der Waals surface area contributed by atoms with Gasteiger partial charge in [-0.1, -0.05) is 398 Å². The van der Waals surface area contributed by atoms with Crippen LogP contribution in [0.3, 0.4) is 0 Å². The zero-order valence-corrected chi connectivity index (χ0v) is 57.4. The van der Waals surface area contributed by atoms with Crippen molar-refractivity contribution >= 4 is 11.9 Å². The van der Waals surface area contributed by atoms with Crippen LogP contribution in [0.2, 0.25) is 0 Å². The Hall–Kier alpha value is -1.40. The third-order valence-corrected chi connectivity index (χ3v) is 18.6. The van der Waals surface area contributed by atoms with Gasteiger partial charge in [0.25, 0.3) is 0 Å². The molecule has 0 heterocycles. The third kappa shape index (κ3) is 69.7. The van der Waals surface area contributed by atoms with Gasteiger partial charge in [0.2, 0.25) is 5.91 Å². The van der Waals surface area contributed by atoms with E-state index in [9.17, 15) is 19.8 Å². The fourth-order valence-electron chi connectivity index (χ4n) is 12.6. The summed E-state index contributed by atoms with van der Waals surface area (Å²) >= 11 is 0. The molecule has 500 valence electrons. The Morgan fingerprint density at radius 3 is 0.845 bits per heavy atom. The van der Waals surface area contributed by atoms with Crippen LogP contribution < -0.4 is 5.32 Å². The number of rotatable bonds is 74. The average Bonchev–Trinajstić information content (AvgIpc) is 3.52. The molecular weight excluding hydrogens is 1030 g/mol. The molecule has 0 aromatic heterocycles. The summed E-state index contributed by atoms with van der Waals surface area (Å²) < 4.78 is 5.49. The minimum absolute atomic E-state index is 0.0164.